The number of esters is 1. The Kier molecular flexibility index (Phi) is 5.03. The normalized spacial score (nSPS) is 11.8. The predicted molar refractivity (Wildman–Crippen MR) is 92.2 cm³/mol. The third-order valence-electron chi connectivity index (χ3n) is 3.34. The number of hydrogen-bond donors (Lipinski definition) is 0. The van der Waals surface area contributed by atoms with Gasteiger partial charge in [-0.3, -0.25) is 15.1 Å². The second kappa shape index (κ2) is 7.40. The first-order valence-corrected chi connectivity index (χ1v) is 8.13. The maximum absolute atomic E-state index is 12.1. The molecule has 9 nitrogen and oxygen atoms in total. The number of benzene rings is 1. The van der Waals surface area contributed by atoms with Crippen molar-refractivity contribution in [3.8, 4) is 11.5 Å². The molecule has 0 aliphatic rings. The molecular formula is C16H11BrN4O5. The highest BCUT2D eigenvalue weighted by Gasteiger charge is 2.20. The Balaban J connectivity index is 1.72. The van der Waals surface area contributed by atoms with Gasteiger partial charge in [0.15, 0.2) is 6.10 Å². The maximum Gasteiger partial charge on any atom is 0.340 e. The first kappa shape index (κ1) is 17.7. The van der Waals surface area contributed by atoms with E-state index in [2.05, 4.69) is 31.1 Å². The molecule has 0 saturated heterocycles. The Hall–Kier alpha value is -3.14. The standard InChI is InChI=1S/C16H11BrN4O5/c1-9(25-16(22)11-6-12(17)8-18-7-11)14-19-20-15(26-14)10-2-4-13(5-3-10)21(23)24/h2-9H,1H3. The summed E-state index contributed by atoms with van der Waals surface area (Å²) in [4.78, 5) is 26.2. The zero-order valence-corrected chi connectivity index (χ0v) is 14.9. The molecule has 0 radical (unpaired) electrons. The van der Waals surface area contributed by atoms with Gasteiger partial charge in [-0.15, -0.1) is 10.2 Å². The third-order valence-corrected chi connectivity index (χ3v) is 3.77. The molecule has 2 heterocycles. The summed E-state index contributed by atoms with van der Waals surface area (Å²) in [6, 6.07) is 7.25. The number of halogens is 1. The third kappa shape index (κ3) is 3.91. The summed E-state index contributed by atoms with van der Waals surface area (Å²) < 4.78 is 11.4. The van der Waals surface area contributed by atoms with Crippen LogP contribution in [0.2, 0.25) is 0 Å². The molecule has 1 unspecified atom stereocenters. The Labute approximate surface area is 155 Å². The first-order chi connectivity index (χ1) is 12.4. The Morgan fingerprint density at radius 3 is 2.65 bits per heavy atom. The van der Waals surface area contributed by atoms with E-state index in [1.54, 1.807) is 19.2 Å². The zero-order chi connectivity index (χ0) is 18.7. The smallest absolute Gasteiger partial charge is 0.340 e. The van der Waals surface area contributed by atoms with E-state index in [0.717, 1.165) is 0 Å². The van der Waals surface area contributed by atoms with Crippen LogP contribution in [-0.4, -0.2) is 26.1 Å². The fraction of sp³-hybridized carbons (Fsp3) is 0.125. The number of rotatable bonds is 5. The molecule has 10 heteroatoms. The minimum Gasteiger partial charge on any atom is -0.449 e. The molecule has 3 rings (SSSR count). The van der Waals surface area contributed by atoms with Crippen LogP contribution in [0.25, 0.3) is 11.5 Å². The lowest BCUT2D eigenvalue weighted by Gasteiger charge is -2.09. The van der Waals surface area contributed by atoms with Crippen molar-refractivity contribution in [1.29, 1.82) is 0 Å². The molecule has 0 bridgehead atoms. The number of aromatic nitrogens is 3. The second-order valence-corrected chi connectivity index (χ2v) is 6.10. The molecule has 0 aliphatic carbocycles. The van der Waals surface area contributed by atoms with E-state index in [4.69, 9.17) is 9.15 Å². The van der Waals surface area contributed by atoms with Crippen molar-refractivity contribution in [2.45, 2.75) is 13.0 Å². The molecule has 132 valence electrons. The molecule has 0 aliphatic heterocycles. The predicted octanol–water partition coefficient (Wildman–Crippen LogP) is 3.72. The van der Waals surface area contributed by atoms with Gasteiger partial charge < -0.3 is 9.15 Å². The van der Waals surface area contributed by atoms with Crippen LogP contribution in [0.1, 0.15) is 29.3 Å². The highest BCUT2D eigenvalue weighted by atomic mass is 79.9. The number of carbonyl (C=O) groups excluding carboxylic acids is 1. The van der Waals surface area contributed by atoms with Crippen molar-refractivity contribution in [2.24, 2.45) is 0 Å². The number of carbonyl (C=O) groups is 1. The van der Waals surface area contributed by atoms with E-state index in [1.165, 1.54) is 30.5 Å². The molecule has 2 aromatic heterocycles. The lowest BCUT2D eigenvalue weighted by molar-refractivity contribution is -0.384. The van der Waals surface area contributed by atoms with Crippen molar-refractivity contribution in [3.05, 3.63) is 68.8 Å². The molecule has 0 N–H and O–H groups in total. The molecule has 3 aromatic rings. The Bertz CT molecular complexity index is 957. The summed E-state index contributed by atoms with van der Waals surface area (Å²) in [5, 5.41) is 18.4. The number of pyridine rings is 1. The van der Waals surface area contributed by atoms with Gasteiger partial charge in [0.2, 0.25) is 5.89 Å². The minimum absolute atomic E-state index is 0.0431. The maximum atomic E-state index is 12.1. The van der Waals surface area contributed by atoms with Gasteiger partial charge in [-0.1, -0.05) is 0 Å². The summed E-state index contributed by atoms with van der Waals surface area (Å²) in [5.41, 5.74) is 0.754. The lowest BCUT2D eigenvalue weighted by Crippen LogP contribution is -2.10. The van der Waals surface area contributed by atoms with Crippen LogP contribution in [0.5, 0.6) is 0 Å². The van der Waals surface area contributed by atoms with Gasteiger partial charge in [0.1, 0.15) is 0 Å². The van der Waals surface area contributed by atoms with Crippen molar-refractivity contribution in [1.82, 2.24) is 15.2 Å². The van der Waals surface area contributed by atoms with Crippen LogP contribution in [-0.2, 0) is 4.74 Å². The van der Waals surface area contributed by atoms with Gasteiger partial charge in [0, 0.05) is 34.6 Å². The van der Waals surface area contributed by atoms with Crippen LogP contribution < -0.4 is 0 Å². The fourth-order valence-electron chi connectivity index (χ4n) is 2.04. The molecule has 0 saturated carbocycles. The van der Waals surface area contributed by atoms with Gasteiger partial charge in [0.25, 0.3) is 11.6 Å². The van der Waals surface area contributed by atoms with E-state index in [0.29, 0.717) is 10.0 Å². The summed E-state index contributed by atoms with van der Waals surface area (Å²) in [7, 11) is 0. The van der Waals surface area contributed by atoms with Gasteiger partial charge in [-0.05, 0) is 41.1 Å². The molecule has 26 heavy (non-hydrogen) atoms. The van der Waals surface area contributed by atoms with Gasteiger partial charge in [-0.25, -0.2) is 4.79 Å². The van der Waals surface area contributed by atoms with E-state index < -0.39 is 17.0 Å². The van der Waals surface area contributed by atoms with Crippen LogP contribution in [0.3, 0.4) is 0 Å². The monoisotopic (exact) mass is 418 g/mol. The van der Waals surface area contributed by atoms with Crippen molar-refractivity contribution >= 4 is 27.6 Å². The minimum atomic E-state index is -0.777. The van der Waals surface area contributed by atoms with E-state index in [1.807, 2.05) is 0 Å². The average Bonchev–Trinajstić information content (AvgIpc) is 3.12. The molecule has 1 atom stereocenters. The topological polar surface area (TPSA) is 121 Å². The highest BCUT2D eigenvalue weighted by Crippen LogP contribution is 2.25. The van der Waals surface area contributed by atoms with Gasteiger partial charge >= 0.3 is 5.97 Å². The number of nitrogens with zero attached hydrogens (tertiary/aromatic N) is 4. The van der Waals surface area contributed by atoms with Crippen molar-refractivity contribution in [2.75, 3.05) is 0 Å². The summed E-state index contributed by atoms with van der Waals surface area (Å²) in [6.07, 6.45) is 2.16. The Morgan fingerprint density at radius 2 is 2.00 bits per heavy atom. The number of nitro benzene ring substituents is 1. The van der Waals surface area contributed by atoms with Crippen molar-refractivity contribution in [3.63, 3.8) is 0 Å². The highest BCUT2D eigenvalue weighted by molar-refractivity contribution is 9.10. The van der Waals surface area contributed by atoms with Gasteiger partial charge in [0.05, 0.1) is 10.5 Å². The van der Waals surface area contributed by atoms with Crippen LogP contribution in [0, 0.1) is 10.1 Å². The van der Waals surface area contributed by atoms with Gasteiger partial charge in [-0.2, -0.15) is 0 Å². The molecule has 0 amide bonds. The Morgan fingerprint density at radius 1 is 1.27 bits per heavy atom. The van der Waals surface area contributed by atoms with E-state index in [9.17, 15) is 14.9 Å². The summed E-state index contributed by atoms with van der Waals surface area (Å²) in [5.74, 6) is -0.307. The largest absolute Gasteiger partial charge is 0.449 e. The number of nitro groups is 1. The molecule has 0 spiro atoms. The van der Waals surface area contributed by atoms with Crippen molar-refractivity contribution < 1.29 is 18.9 Å². The van der Waals surface area contributed by atoms with E-state index >= 15 is 0 Å². The lowest BCUT2D eigenvalue weighted by atomic mass is 10.2. The van der Waals surface area contributed by atoms with Crippen LogP contribution in [0.15, 0.2) is 51.6 Å². The summed E-state index contributed by atoms with van der Waals surface area (Å²) in [6.45, 7) is 1.59. The van der Waals surface area contributed by atoms with Crippen LogP contribution in [0.4, 0.5) is 5.69 Å². The molecular weight excluding hydrogens is 408 g/mol. The number of hydrogen-bond acceptors (Lipinski definition) is 8. The molecule has 0 fully saturated rings. The first-order valence-electron chi connectivity index (χ1n) is 7.34. The quantitative estimate of drug-likeness (QED) is 0.349. The SMILES string of the molecule is CC(OC(=O)c1cncc(Br)c1)c1nnc(-c2ccc([N+](=O)[O-])cc2)o1. The summed E-state index contributed by atoms with van der Waals surface area (Å²) >= 11 is 3.23. The molecule has 1 aromatic carbocycles. The zero-order valence-electron chi connectivity index (χ0n) is 13.3. The van der Waals surface area contributed by atoms with Crippen LogP contribution >= 0.6 is 15.9 Å². The number of non-ortho nitro benzene ring substituents is 1. The van der Waals surface area contributed by atoms with E-state index in [-0.39, 0.29) is 23.0 Å². The second-order valence-electron chi connectivity index (χ2n) is 5.19. The fourth-order valence-corrected chi connectivity index (χ4v) is 2.41. The number of ether oxygens (including phenoxy) is 1. The average molecular weight is 419 g/mol.